The molecule has 1 aromatic rings. The zero-order chi connectivity index (χ0) is 18.8. The fourth-order valence-electron chi connectivity index (χ4n) is 3.24. The molecule has 25 heavy (non-hydrogen) atoms. The Labute approximate surface area is 147 Å². The van der Waals surface area contributed by atoms with Gasteiger partial charge < -0.3 is 9.84 Å². The number of methoxy groups -OCH3 is 1. The third kappa shape index (κ3) is 3.80. The first-order valence-corrected chi connectivity index (χ1v) is 7.92. The smallest absolute Gasteiger partial charge is 0.327 e. The molecule has 1 fully saturated rings. The van der Waals surface area contributed by atoms with Crippen LogP contribution in [0.15, 0.2) is 42.0 Å². The molecule has 0 saturated heterocycles. The van der Waals surface area contributed by atoms with Gasteiger partial charge in [-0.1, -0.05) is 32.6 Å². The maximum Gasteiger partial charge on any atom is 0.327 e. The number of nitriles is 1. The molecule has 0 spiro atoms. The van der Waals surface area contributed by atoms with Crippen LogP contribution in [0.3, 0.4) is 0 Å². The van der Waals surface area contributed by atoms with E-state index in [1.165, 1.54) is 19.2 Å². The number of rotatable bonds is 3. The summed E-state index contributed by atoms with van der Waals surface area (Å²) >= 11 is 0. The Morgan fingerprint density at radius 2 is 1.92 bits per heavy atom. The lowest BCUT2D eigenvalue weighted by atomic mass is 9.70. The van der Waals surface area contributed by atoms with Gasteiger partial charge >= 0.3 is 5.97 Å². The molecule has 5 heteroatoms. The third-order valence-electron chi connectivity index (χ3n) is 4.27. The molecule has 0 radical (unpaired) electrons. The Balaban J connectivity index is 2.72. The third-order valence-corrected chi connectivity index (χ3v) is 4.27. The first kappa shape index (κ1) is 18.5. The standard InChI is InChI=1S/C20H21NO4/c1-12-9-20(2,3)10-16(23)17(12)18(15(11-21)19(24)25-4)13-5-7-14(22)8-6-13/h5-8,15,22H,1,9-10H2,2-4H3. The summed E-state index contributed by atoms with van der Waals surface area (Å²) in [6.07, 6.45) is 0.900. The van der Waals surface area contributed by atoms with Crippen molar-refractivity contribution in [1.82, 2.24) is 0 Å². The minimum atomic E-state index is -1.24. The number of ether oxygens (including phenoxy) is 1. The molecule has 5 nitrogen and oxygen atoms in total. The van der Waals surface area contributed by atoms with Crippen molar-refractivity contribution in [3.8, 4) is 11.8 Å². The van der Waals surface area contributed by atoms with Gasteiger partial charge in [-0.25, -0.2) is 0 Å². The lowest BCUT2D eigenvalue weighted by Gasteiger charge is -2.33. The summed E-state index contributed by atoms with van der Waals surface area (Å²) in [6.45, 7) is 7.98. The molecule has 0 aliphatic heterocycles. The van der Waals surface area contributed by atoms with Crippen molar-refractivity contribution in [2.24, 2.45) is 11.3 Å². The number of Topliss-reactive ketones (excluding diaryl/α,β-unsaturated/α-hetero) is 1. The van der Waals surface area contributed by atoms with Gasteiger partial charge in [-0.05, 0) is 40.7 Å². The Bertz CT molecular complexity index is 772. The molecule has 1 aromatic carbocycles. The van der Waals surface area contributed by atoms with Crippen molar-refractivity contribution < 1.29 is 19.4 Å². The quantitative estimate of drug-likeness (QED) is 0.673. The predicted molar refractivity (Wildman–Crippen MR) is 93.3 cm³/mol. The van der Waals surface area contributed by atoms with Gasteiger partial charge in [0.25, 0.3) is 0 Å². The highest BCUT2D eigenvalue weighted by Gasteiger charge is 2.37. The van der Waals surface area contributed by atoms with Crippen molar-refractivity contribution >= 4 is 17.3 Å². The lowest BCUT2D eigenvalue weighted by Crippen LogP contribution is -2.29. The lowest BCUT2D eigenvalue weighted by molar-refractivity contribution is -0.141. The van der Waals surface area contributed by atoms with Crippen LogP contribution in [0.25, 0.3) is 5.57 Å². The number of esters is 1. The van der Waals surface area contributed by atoms with E-state index in [0.29, 0.717) is 35.1 Å². The number of hydrogen-bond donors (Lipinski definition) is 1. The number of carbonyl (C=O) groups is 2. The summed E-state index contributed by atoms with van der Waals surface area (Å²) in [6, 6.07) is 7.98. The van der Waals surface area contributed by atoms with Gasteiger partial charge in [0, 0.05) is 12.0 Å². The highest BCUT2D eigenvalue weighted by Crippen LogP contribution is 2.43. The molecule has 2 rings (SSSR count). The summed E-state index contributed by atoms with van der Waals surface area (Å²) in [5.41, 5.74) is 1.51. The van der Waals surface area contributed by atoms with E-state index in [9.17, 15) is 20.0 Å². The van der Waals surface area contributed by atoms with Gasteiger partial charge in [0.15, 0.2) is 11.7 Å². The second kappa shape index (κ2) is 6.94. The normalized spacial score (nSPS) is 19.8. The van der Waals surface area contributed by atoms with Crippen LogP contribution in [0.4, 0.5) is 0 Å². The van der Waals surface area contributed by atoms with Gasteiger partial charge in [0.2, 0.25) is 0 Å². The van der Waals surface area contributed by atoms with Crippen molar-refractivity contribution in [2.45, 2.75) is 26.7 Å². The average molecular weight is 339 g/mol. The predicted octanol–water partition coefficient (Wildman–Crippen LogP) is 3.40. The van der Waals surface area contributed by atoms with Crippen molar-refractivity contribution in [3.63, 3.8) is 0 Å². The van der Waals surface area contributed by atoms with Crippen LogP contribution >= 0.6 is 0 Å². The number of ketones is 1. The van der Waals surface area contributed by atoms with Gasteiger partial charge in [-0.15, -0.1) is 0 Å². The SMILES string of the molecule is C=C1CC(C)(C)CC(=O)C1=C(c1ccc(O)cc1)C(C#N)C(=O)OC. The molecule has 0 amide bonds. The Kier molecular flexibility index (Phi) is 5.13. The van der Waals surface area contributed by atoms with Gasteiger partial charge in [-0.2, -0.15) is 5.26 Å². The second-order valence-corrected chi connectivity index (χ2v) is 6.97. The monoisotopic (exact) mass is 339 g/mol. The highest BCUT2D eigenvalue weighted by atomic mass is 16.5. The molecular weight excluding hydrogens is 318 g/mol. The summed E-state index contributed by atoms with van der Waals surface area (Å²) in [4.78, 5) is 24.9. The van der Waals surface area contributed by atoms with E-state index in [2.05, 4.69) is 6.58 Å². The molecule has 1 atom stereocenters. The Morgan fingerprint density at radius 1 is 1.32 bits per heavy atom. The first-order valence-electron chi connectivity index (χ1n) is 7.92. The van der Waals surface area contributed by atoms with E-state index in [0.717, 1.165) is 0 Å². The minimum absolute atomic E-state index is 0.0506. The number of benzene rings is 1. The minimum Gasteiger partial charge on any atom is -0.508 e. The Morgan fingerprint density at radius 3 is 2.40 bits per heavy atom. The molecule has 0 aromatic heterocycles. The zero-order valence-electron chi connectivity index (χ0n) is 14.6. The van der Waals surface area contributed by atoms with Crippen LogP contribution in [-0.2, 0) is 14.3 Å². The topological polar surface area (TPSA) is 87.4 Å². The zero-order valence-corrected chi connectivity index (χ0v) is 14.6. The number of hydrogen-bond acceptors (Lipinski definition) is 5. The number of phenolic OH excluding ortho intramolecular Hbond substituents is 1. The van der Waals surface area contributed by atoms with E-state index in [1.807, 2.05) is 19.9 Å². The molecule has 1 aliphatic carbocycles. The van der Waals surface area contributed by atoms with Crippen LogP contribution in [0, 0.1) is 22.7 Å². The number of aromatic hydroxyl groups is 1. The number of nitrogens with zero attached hydrogens (tertiary/aromatic N) is 1. The van der Waals surface area contributed by atoms with Crippen LogP contribution in [0.5, 0.6) is 5.75 Å². The van der Waals surface area contributed by atoms with Gasteiger partial charge in [0.05, 0.1) is 13.2 Å². The van der Waals surface area contributed by atoms with Crippen LogP contribution in [-0.4, -0.2) is 24.0 Å². The van der Waals surface area contributed by atoms with E-state index < -0.39 is 11.9 Å². The van der Waals surface area contributed by atoms with Crippen LogP contribution < -0.4 is 0 Å². The average Bonchev–Trinajstić information content (AvgIpc) is 2.53. The maximum absolute atomic E-state index is 12.8. The summed E-state index contributed by atoms with van der Waals surface area (Å²) in [5, 5.41) is 19.1. The molecule has 0 bridgehead atoms. The van der Waals surface area contributed by atoms with Crippen molar-refractivity contribution in [3.05, 3.63) is 47.6 Å². The summed E-state index contributed by atoms with van der Waals surface area (Å²) in [5.74, 6) is -2.07. The summed E-state index contributed by atoms with van der Waals surface area (Å²) in [7, 11) is 1.20. The second-order valence-electron chi connectivity index (χ2n) is 6.97. The molecule has 130 valence electrons. The van der Waals surface area contributed by atoms with Crippen molar-refractivity contribution in [2.75, 3.05) is 7.11 Å². The van der Waals surface area contributed by atoms with E-state index in [1.54, 1.807) is 12.1 Å². The molecule has 1 N–H and O–H groups in total. The highest BCUT2D eigenvalue weighted by molar-refractivity contribution is 6.11. The molecule has 1 unspecified atom stereocenters. The van der Waals surface area contributed by atoms with E-state index in [-0.39, 0.29) is 16.9 Å². The van der Waals surface area contributed by atoms with Crippen molar-refractivity contribution in [1.29, 1.82) is 5.26 Å². The fourth-order valence-corrected chi connectivity index (χ4v) is 3.24. The largest absolute Gasteiger partial charge is 0.508 e. The van der Waals surface area contributed by atoms with E-state index in [4.69, 9.17) is 4.74 Å². The number of phenols is 1. The van der Waals surface area contributed by atoms with E-state index >= 15 is 0 Å². The molecule has 0 heterocycles. The number of carbonyl (C=O) groups excluding carboxylic acids is 2. The fraction of sp³-hybridized carbons (Fsp3) is 0.350. The van der Waals surface area contributed by atoms with Crippen LogP contribution in [0.1, 0.15) is 32.3 Å². The van der Waals surface area contributed by atoms with Crippen LogP contribution in [0.2, 0.25) is 0 Å². The molecule has 1 saturated carbocycles. The van der Waals surface area contributed by atoms with Gasteiger partial charge in [-0.3, -0.25) is 9.59 Å². The molecular formula is C20H21NO4. The molecule has 1 aliphatic rings. The first-order chi connectivity index (χ1) is 11.7. The number of allylic oxidation sites excluding steroid dienone is 2. The Hall–Kier alpha value is -2.87. The van der Waals surface area contributed by atoms with Gasteiger partial charge in [0.1, 0.15) is 5.75 Å². The maximum atomic E-state index is 12.8. The summed E-state index contributed by atoms with van der Waals surface area (Å²) < 4.78 is 4.75.